The second-order valence-electron chi connectivity index (χ2n) is 11.3. The SMILES string of the molecule is O=C(Nc1cnn2ccc(N3CC[C@H]4C[C@]43c3cc(F)ccc3F)nc12)N1CCC2C[C@]21c1cc(F)ccc1F. The third-order valence-corrected chi connectivity index (χ3v) is 9.42. The molecule has 4 fully saturated rings. The second kappa shape index (κ2) is 7.96. The number of piperidine rings is 2. The van der Waals surface area contributed by atoms with Crippen LogP contribution in [0.15, 0.2) is 54.9 Å². The molecule has 2 saturated carbocycles. The van der Waals surface area contributed by atoms with Crippen molar-refractivity contribution in [3.05, 3.63) is 89.3 Å². The van der Waals surface area contributed by atoms with Gasteiger partial charge in [0, 0.05) is 30.4 Å². The van der Waals surface area contributed by atoms with Crippen LogP contribution in [-0.2, 0) is 11.1 Å². The van der Waals surface area contributed by atoms with Gasteiger partial charge >= 0.3 is 6.03 Å². The number of urea groups is 1. The van der Waals surface area contributed by atoms with Crippen LogP contribution in [0.25, 0.3) is 5.65 Å². The number of halogens is 4. The highest BCUT2D eigenvalue weighted by atomic mass is 19.1. The van der Waals surface area contributed by atoms with E-state index in [2.05, 4.69) is 10.4 Å². The maximum atomic E-state index is 14.9. The minimum atomic E-state index is -0.865. The maximum absolute atomic E-state index is 14.9. The van der Waals surface area contributed by atoms with Gasteiger partial charge in [0.25, 0.3) is 0 Å². The summed E-state index contributed by atoms with van der Waals surface area (Å²) >= 11 is 0. The summed E-state index contributed by atoms with van der Waals surface area (Å²) in [5, 5.41) is 7.20. The number of aromatic nitrogens is 3. The molecule has 204 valence electrons. The van der Waals surface area contributed by atoms with Crippen molar-refractivity contribution in [1.82, 2.24) is 19.5 Å². The Hall–Kier alpha value is -4.15. The van der Waals surface area contributed by atoms with Crippen molar-refractivity contribution in [3.8, 4) is 0 Å². The van der Waals surface area contributed by atoms with Crippen molar-refractivity contribution in [2.24, 2.45) is 11.8 Å². The van der Waals surface area contributed by atoms with Crippen molar-refractivity contribution in [3.63, 3.8) is 0 Å². The van der Waals surface area contributed by atoms with Gasteiger partial charge in [-0.1, -0.05) is 0 Å². The summed E-state index contributed by atoms with van der Waals surface area (Å²) in [6, 6.07) is 8.26. The maximum Gasteiger partial charge on any atom is 0.322 e. The van der Waals surface area contributed by atoms with Crippen molar-refractivity contribution in [2.45, 2.75) is 36.8 Å². The van der Waals surface area contributed by atoms with E-state index in [1.54, 1.807) is 17.2 Å². The van der Waals surface area contributed by atoms with Crippen LogP contribution in [-0.4, -0.2) is 38.6 Å². The van der Waals surface area contributed by atoms with Gasteiger partial charge in [0.2, 0.25) is 0 Å². The number of carbonyl (C=O) groups is 1. The Morgan fingerprint density at radius 2 is 1.52 bits per heavy atom. The van der Waals surface area contributed by atoms with Crippen molar-refractivity contribution >= 4 is 23.2 Å². The number of nitrogens with one attached hydrogen (secondary N) is 1. The number of rotatable bonds is 4. The number of benzene rings is 2. The first-order valence-corrected chi connectivity index (χ1v) is 13.4. The van der Waals surface area contributed by atoms with E-state index in [1.807, 2.05) is 4.90 Å². The molecule has 2 aliphatic heterocycles. The zero-order chi connectivity index (χ0) is 27.4. The second-order valence-corrected chi connectivity index (χ2v) is 11.3. The van der Waals surface area contributed by atoms with E-state index in [1.165, 1.54) is 22.8 Å². The van der Waals surface area contributed by atoms with E-state index >= 15 is 0 Å². The fraction of sp³-hybridized carbons (Fsp3) is 0.345. The number of amides is 2. The van der Waals surface area contributed by atoms with Crippen LogP contribution in [0.3, 0.4) is 0 Å². The molecule has 4 atom stereocenters. The first-order valence-electron chi connectivity index (χ1n) is 13.4. The first kappa shape index (κ1) is 23.7. The van der Waals surface area contributed by atoms with Gasteiger partial charge in [-0.2, -0.15) is 5.10 Å². The predicted molar refractivity (Wildman–Crippen MR) is 138 cm³/mol. The summed E-state index contributed by atoms with van der Waals surface area (Å²) in [4.78, 5) is 21.9. The number of carbonyl (C=O) groups excluding carboxylic acids is 1. The topological polar surface area (TPSA) is 65.8 Å². The smallest absolute Gasteiger partial charge is 0.322 e. The summed E-state index contributed by atoms with van der Waals surface area (Å²) in [7, 11) is 0. The summed E-state index contributed by atoms with van der Waals surface area (Å²) in [6.45, 7) is 1.05. The fourth-order valence-corrected chi connectivity index (χ4v) is 7.44. The molecule has 1 unspecified atom stereocenters. The lowest BCUT2D eigenvalue weighted by Gasteiger charge is -2.30. The molecule has 11 heteroatoms. The van der Waals surface area contributed by atoms with E-state index in [9.17, 15) is 22.4 Å². The molecule has 2 amide bonds. The van der Waals surface area contributed by atoms with Crippen LogP contribution in [0, 0.1) is 35.1 Å². The zero-order valence-corrected chi connectivity index (χ0v) is 21.2. The lowest BCUT2D eigenvalue weighted by atomic mass is 10.0. The minimum Gasteiger partial charge on any atom is -0.346 e. The Morgan fingerprint density at radius 3 is 2.23 bits per heavy atom. The van der Waals surface area contributed by atoms with Gasteiger partial charge in [0.1, 0.15) is 34.8 Å². The molecular formula is C29H24F4N6O. The van der Waals surface area contributed by atoms with Crippen molar-refractivity contribution in [2.75, 3.05) is 23.3 Å². The van der Waals surface area contributed by atoms with Gasteiger partial charge in [0.05, 0.1) is 17.3 Å². The Balaban J connectivity index is 1.11. The number of hydrogen-bond donors (Lipinski definition) is 1. The lowest BCUT2D eigenvalue weighted by Crippen LogP contribution is -2.41. The van der Waals surface area contributed by atoms with Crippen LogP contribution in [0.2, 0.25) is 0 Å². The Bertz CT molecular complexity index is 1730. The van der Waals surface area contributed by atoms with Gasteiger partial charge in [0.15, 0.2) is 5.65 Å². The number of fused-ring (bicyclic) bond motifs is 3. The molecule has 2 aromatic carbocycles. The molecule has 40 heavy (non-hydrogen) atoms. The number of nitrogens with zero attached hydrogens (tertiary/aromatic N) is 5. The number of likely N-dealkylation sites (tertiary alicyclic amines) is 1. The molecule has 0 radical (unpaired) electrons. The molecule has 8 rings (SSSR count). The molecule has 2 aromatic heterocycles. The average Bonchev–Trinajstić information content (AvgIpc) is 3.69. The predicted octanol–water partition coefficient (Wildman–Crippen LogP) is 5.56. The monoisotopic (exact) mass is 548 g/mol. The highest BCUT2D eigenvalue weighted by Crippen LogP contribution is 2.64. The molecule has 0 bridgehead atoms. The van der Waals surface area contributed by atoms with Crippen LogP contribution in [0.5, 0.6) is 0 Å². The van der Waals surface area contributed by atoms with E-state index in [-0.39, 0.29) is 17.4 Å². The molecule has 2 saturated heterocycles. The molecule has 1 N–H and O–H groups in total. The van der Waals surface area contributed by atoms with Crippen LogP contribution in [0.4, 0.5) is 33.9 Å². The highest BCUT2D eigenvalue weighted by molar-refractivity contribution is 5.94. The summed E-state index contributed by atoms with van der Waals surface area (Å²) in [5.41, 5.74) is -0.227. The van der Waals surface area contributed by atoms with Gasteiger partial charge in [-0.05, 0) is 80.0 Å². The summed E-state index contributed by atoms with van der Waals surface area (Å²) in [5.74, 6) is -1.15. The quantitative estimate of drug-likeness (QED) is 0.339. The molecule has 0 spiro atoms. The normalized spacial score (nSPS) is 28.1. The first-order chi connectivity index (χ1) is 19.3. The third kappa shape index (κ3) is 3.14. The van der Waals surface area contributed by atoms with E-state index in [0.717, 1.165) is 30.7 Å². The van der Waals surface area contributed by atoms with Crippen LogP contribution >= 0.6 is 0 Å². The zero-order valence-electron chi connectivity index (χ0n) is 21.2. The molecule has 2 aliphatic carbocycles. The van der Waals surface area contributed by atoms with Crippen molar-refractivity contribution in [1.29, 1.82) is 0 Å². The van der Waals surface area contributed by atoms with Gasteiger partial charge in [-0.3, -0.25) is 0 Å². The molecule has 4 aliphatic rings. The number of hydrogen-bond acceptors (Lipinski definition) is 4. The van der Waals surface area contributed by atoms with Crippen molar-refractivity contribution < 1.29 is 22.4 Å². The average molecular weight is 549 g/mol. The van der Waals surface area contributed by atoms with Gasteiger partial charge < -0.3 is 15.1 Å². The van der Waals surface area contributed by atoms with Crippen LogP contribution < -0.4 is 10.2 Å². The molecule has 4 heterocycles. The number of anilines is 2. The van der Waals surface area contributed by atoms with E-state index in [0.29, 0.717) is 55.1 Å². The van der Waals surface area contributed by atoms with Gasteiger partial charge in [-0.15, -0.1) is 0 Å². The Morgan fingerprint density at radius 1 is 0.875 bits per heavy atom. The Labute approximate surface area is 226 Å². The lowest BCUT2D eigenvalue weighted by molar-refractivity contribution is 0.191. The van der Waals surface area contributed by atoms with Gasteiger partial charge in [-0.25, -0.2) is 31.9 Å². The summed E-state index contributed by atoms with van der Waals surface area (Å²) < 4.78 is 59.2. The fourth-order valence-electron chi connectivity index (χ4n) is 7.44. The van der Waals surface area contributed by atoms with Crippen LogP contribution in [0.1, 0.15) is 36.8 Å². The Kier molecular flexibility index (Phi) is 4.72. The van der Waals surface area contributed by atoms with E-state index < -0.39 is 40.4 Å². The molecular weight excluding hydrogens is 524 g/mol. The largest absolute Gasteiger partial charge is 0.346 e. The standard InChI is InChI=1S/C29H24F4N6O/c30-18-1-3-22(32)20(11-18)28-13-16(28)5-8-37(28)25-7-10-39-26(36-25)24(15-34-39)35-27(40)38-9-6-17-14-29(17,38)21-12-19(31)2-4-23(21)33/h1-4,7,10-12,15-17H,5-6,8-9,13-14H2,(H,35,40)/t16-,17?,28+,29+/m0/s1. The molecule has 4 aromatic rings. The third-order valence-electron chi connectivity index (χ3n) is 9.42. The van der Waals surface area contributed by atoms with E-state index in [4.69, 9.17) is 4.98 Å². The highest BCUT2D eigenvalue weighted by Gasteiger charge is 2.66. The minimum absolute atomic E-state index is 0.0734. The molecule has 7 nitrogen and oxygen atoms in total. The summed E-state index contributed by atoms with van der Waals surface area (Å²) in [6.07, 6.45) is 6.03.